The Kier molecular flexibility index (Phi) is 6.44. The van der Waals surface area contributed by atoms with Crippen molar-refractivity contribution >= 4 is 22.0 Å². The highest BCUT2D eigenvalue weighted by atomic mass is 32.2. The van der Waals surface area contributed by atoms with Crippen LogP contribution in [0.4, 0.5) is 10.5 Å². The van der Waals surface area contributed by atoms with E-state index in [2.05, 4.69) is 0 Å². The number of para-hydroxylation sites is 1. The fourth-order valence-corrected chi connectivity index (χ4v) is 2.75. The summed E-state index contributed by atoms with van der Waals surface area (Å²) in [4.78, 5) is 11.5. The van der Waals surface area contributed by atoms with E-state index in [4.69, 9.17) is 10.5 Å². The summed E-state index contributed by atoms with van der Waals surface area (Å²) in [7, 11) is -4.04. The fourth-order valence-electron chi connectivity index (χ4n) is 1.62. The third kappa shape index (κ3) is 5.60. The zero-order valence-corrected chi connectivity index (χ0v) is 13.0. The second kappa shape index (κ2) is 7.84. The van der Waals surface area contributed by atoms with Crippen molar-refractivity contribution in [3.05, 3.63) is 30.3 Å². The molecule has 0 aromatic heterocycles. The van der Waals surface area contributed by atoms with Crippen molar-refractivity contribution in [2.24, 2.45) is 5.73 Å². The van der Waals surface area contributed by atoms with Crippen molar-refractivity contribution in [2.75, 3.05) is 17.4 Å². The molecule has 1 amide bonds. The van der Waals surface area contributed by atoms with E-state index >= 15 is 0 Å². The molecule has 0 bridgehead atoms. The lowest BCUT2D eigenvalue weighted by atomic mass is 10.3. The van der Waals surface area contributed by atoms with Gasteiger partial charge < -0.3 is 10.5 Å². The summed E-state index contributed by atoms with van der Waals surface area (Å²) in [6, 6.07) is 8.49. The van der Waals surface area contributed by atoms with Crippen LogP contribution in [0.5, 0.6) is 0 Å². The van der Waals surface area contributed by atoms with Gasteiger partial charge in [0, 0.05) is 6.54 Å². The third-order valence-corrected chi connectivity index (χ3v) is 3.85. The van der Waals surface area contributed by atoms with Crippen LogP contribution in [-0.4, -0.2) is 33.7 Å². The molecule has 0 heterocycles. The van der Waals surface area contributed by atoms with Gasteiger partial charge in [0.25, 0.3) is 0 Å². The molecule has 0 atom stereocenters. The van der Waals surface area contributed by atoms with Gasteiger partial charge in [-0.25, -0.2) is 9.52 Å². The van der Waals surface area contributed by atoms with Gasteiger partial charge in [-0.3, -0.25) is 4.31 Å². The number of nitrogens with zero attached hydrogens (tertiary/aromatic N) is 1. The van der Waals surface area contributed by atoms with Gasteiger partial charge in [-0.2, -0.15) is 8.42 Å². The van der Waals surface area contributed by atoms with E-state index in [1.807, 2.05) is 4.72 Å². The molecular weight excluding hydrogens is 294 g/mol. The Bertz CT molecular complexity index is 546. The first-order valence-electron chi connectivity index (χ1n) is 6.63. The highest BCUT2D eigenvalue weighted by Gasteiger charge is 2.25. The van der Waals surface area contributed by atoms with Crippen LogP contribution in [-0.2, 0) is 14.9 Å². The lowest BCUT2D eigenvalue weighted by Gasteiger charge is -2.24. The summed E-state index contributed by atoms with van der Waals surface area (Å²) in [6.07, 6.45) is -0.942. The molecule has 7 nitrogen and oxygen atoms in total. The Morgan fingerprint density at radius 1 is 1.33 bits per heavy atom. The molecule has 3 N–H and O–H groups in total. The molecule has 0 aliphatic heterocycles. The van der Waals surface area contributed by atoms with Crippen LogP contribution < -0.4 is 14.8 Å². The monoisotopic (exact) mass is 315 g/mol. The number of nitrogens with two attached hydrogens (primary N) is 1. The molecule has 8 heteroatoms. The minimum atomic E-state index is -4.04. The topological polar surface area (TPSA) is 102 Å². The smallest absolute Gasteiger partial charge is 0.422 e. The van der Waals surface area contributed by atoms with Crippen LogP contribution in [0, 0.1) is 0 Å². The molecule has 0 saturated carbocycles. The number of nitrogens with one attached hydrogen (secondary N) is 1. The minimum Gasteiger partial charge on any atom is -0.446 e. The van der Waals surface area contributed by atoms with Gasteiger partial charge in [0.05, 0.1) is 11.8 Å². The van der Waals surface area contributed by atoms with Crippen molar-refractivity contribution in [3.63, 3.8) is 0 Å². The van der Waals surface area contributed by atoms with E-state index in [1.165, 1.54) is 0 Å². The average Bonchev–Trinajstić information content (AvgIpc) is 2.38. The normalized spacial score (nSPS) is 11.2. The molecule has 118 valence electrons. The number of ether oxygens (including phenoxy) is 1. The molecule has 1 aromatic carbocycles. The van der Waals surface area contributed by atoms with Crippen LogP contribution in [0.3, 0.4) is 0 Å². The van der Waals surface area contributed by atoms with Gasteiger partial charge in [-0.15, -0.1) is 0 Å². The Balaban J connectivity index is 2.93. The summed E-state index contributed by atoms with van der Waals surface area (Å²) in [5.74, 6) is 0. The van der Waals surface area contributed by atoms with E-state index in [1.54, 1.807) is 44.2 Å². The molecule has 0 spiro atoms. The van der Waals surface area contributed by atoms with Crippen molar-refractivity contribution < 1.29 is 17.9 Å². The van der Waals surface area contributed by atoms with Crippen molar-refractivity contribution in [1.29, 1.82) is 0 Å². The molecular formula is C13H21N3O4S. The summed E-state index contributed by atoms with van der Waals surface area (Å²) in [6.45, 7) is 3.78. The van der Waals surface area contributed by atoms with Gasteiger partial charge >= 0.3 is 16.3 Å². The fraction of sp³-hybridized carbons (Fsp3) is 0.462. The number of hydrogen-bond acceptors (Lipinski definition) is 5. The highest BCUT2D eigenvalue weighted by molar-refractivity contribution is 7.91. The molecule has 0 fully saturated rings. The number of anilines is 1. The van der Waals surface area contributed by atoms with Gasteiger partial charge in [-0.1, -0.05) is 18.2 Å². The Labute approximate surface area is 125 Å². The first kappa shape index (κ1) is 17.3. The lowest BCUT2D eigenvalue weighted by molar-refractivity contribution is 0.121. The highest BCUT2D eigenvalue weighted by Crippen LogP contribution is 2.17. The Morgan fingerprint density at radius 3 is 2.48 bits per heavy atom. The number of amides is 1. The van der Waals surface area contributed by atoms with Crippen molar-refractivity contribution in [1.82, 2.24) is 4.72 Å². The summed E-state index contributed by atoms with van der Waals surface area (Å²) in [5, 5.41) is 0. The van der Waals surface area contributed by atoms with Crippen LogP contribution in [0.25, 0.3) is 0 Å². The zero-order chi connectivity index (χ0) is 15.9. The first-order valence-corrected chi connectivity index (χ1v) is 8.07. The largest absolute Gasteiger partial charge is 0.446 e. The molecule has 0 radical (unpaired) electrons. The summed E-state index contributed by atoms with van der Waals surface area (Å²) < 4.78 is 32.4. The van der Waals surface area contributed by atoms with Crippen LogP contribution in [0.1, 0.15) is 20.3 Å². The SMILES string of the molecule is CC(C)OC(=O)NS(=O)(=O)N(CCCN)c1ccccc1. The summed E-state index contributed by atoms with van der Waals surface area (Å²) in [5.41, 5.74) is 5.89. The quantitative estimate of drug-likeness (QED) is 0.787. The molecule has 0 saturated heterocycles. The number of rotatable bonds is 7. The number of hydrogen-bond donors (Lipinski definition) is 2. The van der Waals surface area contributed by atoms with E-state index < -0.39 is 22.4 Å². The van der Waals surface area contributed by atoms with Gasteiger partial charge in [0.15, 0.2) is 0 Å². The molecule has 0 unspecified atom stereocenters. The summed E-state index contributed by atoms with van der Waals surface area (Å²) >= 11 is 0. The molecule has 0 aliphatic carbocycles. The van der Waals surface area contributed by atoms with Gasteiger partial charge in [-0.05, 0) is 38.9 Å². The Hall–Kier alpha value is -1.80. The van der Waals surface area contributed by atoms with Gasteiger partial charge in [0.1, 0.15) is 0 Å². The van der Waals surface area contributed by atoms with Crippen molar-refractivity contribution in [3.8, 4) is 0 Å². The standard InChI is InChI=1S/C13H21N3O4S/c1-11(2)20-13(17)15-21(18,19)16(10-6-9-14)12-7-4-3-5-8-12/h3-5,7-8,11H,6,9-10,14H2,1-2H3,(H,15,17). The van der Waals surface area contributed by atoms with E-state index in [-0.39, 0.29) is 6.54 Å². The maximum atomic E-state index is 12.3. The predicted octanol–water partition coefficient (Wildman–Crippen LogP) is 1.22. The molecule has 0 aliphatic rings. The van der Waals surface area contributed by atoms with Gasteiger partial charge in [0.2, 0.25) is 0 Å². The second-order valence-corrected chi connectivity index (χ2v) is 6.21. The van der Waals surface area contributed by atoms with Crippen LogP contribution in [0.15, 0.2) is 30.3 Å². The molecule has 1 rings (SSSR count). The second-order valence-electron chi connectivity index (χ2n) is 4.61. The van der Waals surface area contributed by atoms with Crippen LogP contribution in [0.2, 0.25) is 0 Å². The number of carbonyl (C=O) groups is 1. The molecule has 21 heavy (non-hydrogen) atoms. The predicted molar refractivity (Wildman–Crippen MR) is 81.1 cm³/mol. The molecule has 1 aromatic rings. The third-order valence-electron chi connectivity index (χ3n) is 2.45. The maximum absolute atomic E-state index is 12.3. The average molecular weight is 315 g/mol. The lowest BCUT2D eigenvalue weighted by Crippen LogP contribution is -2.45. The number of carbonyl (C=O) groups excluding carboxylic acids is 1. The van der Waals surface area contributed by atoms with E-state index in [0.717, 1.165) is 4.31 Å². The Morgan fingerprint density at radius 2 is 1.95 bits per heavy atom. The minimum absolute atomic E-state index is 0.171. The number of benzene rings is 1. The van der Waals surface area contributed by atoms with Crippen molar-refractivity contribution in [2.45, 2.75) is 26.4 Å². The van der Waals surface area contributed by atoms with E-state index in [9.17, 15) is 13.2 Å². The van der Waals surface area contributed by atoms with Crippen LogP contribution >= 0.6 is 0 Å². The zero-order valence-electron chi connectivity index (χ0n) is 12.2. The first-order chi connectivity index (χ1) is 9.86. The maximum Gasteiger partial charge on any atom is 0.422 e. The van der Waals surface area contributed by atoms with E-state index in [0.29, 0.717) is 18.7 Å².